The van der Waals surface area contributed by atoms with Crippen LogP contribution in [0.4, 0.5) is 13.2 Å². The first-order valence-electron chi connectivity index (χ1n) is 2.45. The molecule has 0 fully saturated rings. The Balaban J connectivity index is 4.90. The van der Waals surface area contributed by atoms with E-state index in [1.165, 1.54) is 12.5 Å². The molecule has 11 heavy (non-hydrogen) atoms. The quantitative estimate of drug-likeness (QED) is 0.624. The molecule has 0 saturated carbocycles. The largest absolute Gasteiger partial charge is 0.493 e. The molecule has 70 valence electrons. The molecular weight excluding hydrogens is 201 g/mol. The van der Waals surface area contributed by atoms with Crippen LogP contribution >= 0.6 is 11.1 Å². The van der Waals surface area contributed by atoms with Crippen molar-refractivity contribution in [2.45, 2.75) is 5.51 Å². The van der Waals surface area contributed by atoms with Crippen LogP contribution in [0, 0.1) is 0 Å². The summed E-state index contributed by atoms with van der Waals surface area (Å²) in [5.74, 6) is 0. The van der Waals surface area contributed by atoms with E-state index in [2.05, 4.69) is 8.91 Å². The highest BCUT2D eigenvalue weighted by Crippen LogP contribution is 2.27. The van der Waals surface area contributed by atoms with Gasteiger partial charge in [0.2, 0.25) is 9.92 Å². The van der Waals surface area contributed by atoms with Crippen molar-refractivity contribution in [2.75, 3.05) is 12.5 Å². The lowest BCUT2D eigenvalue weighted by Crippen LogP contribution is -2.30. The smallest absolute Gasteiger partial charge is 0.237 e. The van der Waals surface area contributed by atoms with E-state index in [4.69, 9.17) is 0 Å². The third kappa shape index (κ3) is 3.30. The fourth-order valence-electron chi connectivity index (χ4n) is 0.289. The molecule has 0 bridgehead atoms. The number of hydrogen-bond acceptors (Lipinski definition) is 2. The molecule has 1 unspecified atom stereocenters. The van der Waals surface area contributed by atoms with Gasteiger partial charge in [-0.25, -0.2) is 9.35 Å². The van der Waals surface area contributed by atoms with E-state index < -0.39 is 26.5 Å². The van der Waals surface area contributed by atoms with Crippen molar-refractivity contribution in [1.82, 2.24) is 0 Å². The Hall–Kier alpha value is 0.0500. The fourth-order valence-corrected chi connectivity index (χ4v) is 2.60. The first-order valence-corrected chi connectivity index (χ1v) is 6.22. The molecule has 0 aromatic rings. The van der Waals surface area contributed by atoms with Crippen molar-refractivity contribution in [3.05, 3.63) is 0 Å². The van der Waals surface area contributed by atoms with Gasteiger partial charge in [0.05, 0.1) is 0 Å². The fraction of sp³-hybridized carbons (Fsp3) is 1.00. The van der Waals surface area contributed by atoms with Crippen LogP contribution in [0.15, 0.2) is 3.77 Å². The first-order chi connectivity index (χ1) is 4.67. The molecule has 1 atom stereocenters. The number of thiol groups is 1. The second kappa shape index (κ2) is 3.20. The van der Waals surface area contributed by atoms with Gasteiger partial charge in [-0.3, -0.25) is 0 Å². The molecular formula is C3H9F3N2OS2. The molecule has 8 heteroatoms. The van der Waals surface area contributed by atoms with Gasteiger partial charge in [0.25, 0.3) is 0 Å². The van der Waals surface area contributed by atoms with Crippen LogP contribution in [0.25, 0.3) is 0 Å². The Morgan fingerprint density at radius 3 is 1.91 bits per heavy atom. The van der Waals surface area contributed by atoms with Gasteiger partial charge >= 0.3 is 5.51 Å². The minimum Gasteiger partial charge on any atom is -0.237 e. The summed E-state index contributed by atoms with van der Waals surface area (Å²) >= 11 is -1.25. The molecule has 3 nitrogen and oxygen atoms in total. The van der Waals surface area contributed by atoms with Crippen LogP contribution in [0.5, 0.6) is 0 Å². The number of nitrogens with two attached hydrogens (primary N) is 1. The molecule has 0 heterocycles. The number of nitrogens with zero attached hydrogens (tertiary/aromatic N) is 1. The summed E-state index contributed by atoms with van der Waals surface area (Å²) in [6, 6.07) is 0. The van der Waals surface area contributed by atoms with Gasteiger partial charge in [0.1, 0.15) is 0 Å². The standard InChI is InChI=1S/C3H9F3N2OS2/c1-10(2)8-11(7,9)3(4,5)6/h10H,1-2H3,(H2,7,8,9). The molecule has 0 aliphatic heterocycles. The van der Waals surface area contributed by atoms with E-state index in [1.807, 2.05) is 0 Å². The molecule has 0 amide bonds. The molecule has 0 aromatic heterocycles. The van der Waals surface area contributed by atoms with Crippen molar-refractivity contribution in [3.8, 4) is 0 Å². The van der Waals surface area contributed by atoms with Crippen LogP contribution in [-0.2, 0) is 9.92 Å². The van der Waals surface area contributed by atoms with Crippen molar-refractivity contribution in [1.29, 1.82) is 0 Å². The molecule has 0 aromatic carbocycles. The highest BCUT2D eigenvalue weighted by Gasteiger charge is 2.40. The highest BCUT2D eigenvalue weighted by atomic mass is 32.3. The SMILES string of the molecule is C[SH](C)N=S(N)(=O)C(F)(F)F. The van der Waals surface area contributed by atoms with E-state index in [0.29, 0.717) is 0 Å². The second-order valence-electron chi connectivity index (χ2n) is 1.94. The van der Waals surface area contributed by atoms with E-state index >= 15 is 0 Å². The average Bonchev–Trinajstić information content (AvgIpc) is 1.56. The van der Waals surface area contributed by atoms with Gasteiger partial charge < -0.3 is 0 Å². The summed E-state index contributed by atoms with van der Waals surface area (Å²) in [7, 11) is -4.49. The normalized spacial score (nSPS) is 18.9. The van der Waals surface area contributed by atoms with Crippen molar-refractivity contribution < 1.29 is 17.4 Å². The van der Waals surface area contributed by atoms with Gasteiger partial charge in [-0.15, -0.1) is 0 Å². The zero-order chi connectivity index (χ0) is 9.28. The van der Waals surface area contributed by atoms with Crippen LogP contribution in [-0.4, -0.2) is 22.2 Å². The Bertz CT molecular complexity index is 239. The number of alkyl halides is 3. The Kier molecular flexibility index (Phi) is 3.21. The average molecular weight is 210 g/mol. The van der Waals surface area contributed by atoms with Gasteiger partial charge in [-0.2, -0.15) is 28.0 Å². The maximum Gasteiger partial charge on any atom is 0.493 e. The van der Waals surface area contributed by atoms with Crippen LogP contribution in [0.2, 0.25) is 0 Å². The molecule has 0 aliphatic rings. The molecule has 0 aliphatic carbocycles. The zero-order valence-electron chi connectivity index (χ0n) is 5.92. The Morgan fingerprint density at radius 2 is 1.82 bits per heavy atom. The van der Waals surface area contributed by atoms with Crippen LogP contribution in [0.3, 0.4) is 0 Å². The van der Waals surface area contributed by atoms with E-state index in [-0.39, 0.29) is 0 Å². The topological polar surface area (TPSA) is 55.4 Å². The second-order valence-corrected chi connectivity index (χ2v) is 5.89. The summed E-state index contributed by atoms with van der Waals surface area (Å²) in [4.78, 5) is 0. The van der Waals surface area contributed by atoms with Crippen molar-refractivity contribution in [3.63, 3.8) is 0 Å². The zero-order valence-corrected chi connectivity index (χ0v) is 7.63. The van der Waals surface area contributed by atoms with Crippen LogP contribution < -0.4 is 5.14 Å². The highest BCUT2D eigenvalue weighted by molar-refractivity contribution is 8.19. The summed E-state index contributed by atoms with van der Waals surface area (Å²) in [5.41, 5.74) is -4.92. The predicted octanol–water partition coefficient (Wildman–Crippen LogP) is 1.02. The van der Waals surface area contributed by atoms with Gasteiger partial charge in [-0.1, -0.05) is 0 Å². The summed E-state index contributed by atoms with van der Waals surface area (Å²) in [5, 5.41) is 4.45. The Morgan fingerprint density at radius 1 is 1.45 bits per heavy atom. The minimum atomic E-state index is -4.92. The van der Waals surface area contributed by atoms with Gasteiger partial charge in [0, 0.05) is 0 Å². The van der Waals surface area contributed by atoms with E-state index in [9.17, 15) is 17.4 Å². The predicted molar refractivity (Wildman–Crippen MR) is 41.6 cm³/mol. The van der Waals surface area contributed by atoms with Crippen molar-refractivity contribution >= 4 is 21.0 Å². The maximum absolute atomic E-state index is 11.7. The first kappa shape index (κ1) is 11.1. The molecule has 0 radical (unpaired) electrons. The number of halogens is 3. The third-order valence-electron chi connectivity index (χ3n) is 0.616. The lowest BCUT2D eigenvalue weighted by molar-refractivity contribution is -0.0401. The van der Waals surface area contributed by atoms with E-state index in [1.54, 1.807) is 0 Å². The van der Waals surface area contributed by atoms with Gasteiger partial charge in [-0.05, 0) is 12.5 Å². The van der Waals surface area contributed by atoms with Crippen LogP contribution in [0.1, 0.15) is 0 Å². The molecule has 0 rings (SSSR count). The molecule has 0 saturated heterocycles. The minimum absolute atomic E-state index is 1.25. The summed E-state index contributed by atoms with van der Waals surface area (Å²) in [6.07, 6.45) is 2.88. The van der Waals surface area contributed by atoms with E-state index in [0.717, 1.165) is 0 Å². The van der Waals surface area contributed by atoms with Crippen molar-refractivity contribution in [2.24, 2.45) is 8.91 Å². The lowest BCUT2D eigenvalue weighted by Gasteiger charge is -2.10. The summed E-state index contributed by atoms with van der Waals surface area (Å²) in [6.45, 7) is 0. The lowest BCUT2D eigenvalue weighted by atomic mass is 11.6. The molecule has 2 N–H and O–H groups in total. The third-order valence-corrected chi connectivity index (χ3v) is 3.56. The number of rotatable bonds is 1. The van der Waals surface area contributed by atoms with Gasteiger partial charge in [0.15, 0.2) is 0 Å². The number of hydrogen-bond donors (Lipinski definition) is 2. The Labute approximate surface area is 65.9 Å². The monoisotopic (exact) mass is 210 g/mol. The summed E-state index contributed by atoms with van der Waals surface area (Å²) < 4.78 is 48.6. The maximum atomic E-state index is 11.7. The molecule has 0 spiro atoms.